The third-order valence-corrected chi connectivity index (χ3v) is 4.13. The third kappa shape index (κ3) is 3.51. The second kappa shape index (κ2) is 5.78. The molecule has 2 N–H and O–H groups in total. The van der Waals surface area contributed by atoms with Crippen LogP contribution in [0.3, 0.4) is 0 Å². The van der Waals surface area contributed by atoms with Crippen LogP contribution in [0.15, 0.2) is 0 Å². The van der Waals surface area contributed by atoms with Gasteiger partial charge in [-0.25, -0.2) is 0 Å². The zero-order chi connectivity index (χ0) is 13.0. The van der Waals surface area contributed by atoms with E-state index in [0.717, 1.165) is 31.0 Å². The van der Waals surface area contributed by atoms with Gasteiger partial charge in [-0.3, -0.25) is 0 Å². The molecule has 0 spiro atoms. The lowest BCUT2D eigenvalue weighted by atomic mass is 9.74. The van der Waals surface area contributed by atoms with E-state index in [-0.39, 0.29) is 5.54 Å². The molecule has 0 amide bonds. The first kappa shape index (κ1) is 13.5. The largest absolute Gasteiger partial charge is 0.325 e. The summed E-state index contributed by atoms with van der Waals surface area (Å²) >= 11 is 0. The van der Waals surface area contributed by atoms with Crippen molar-refractivity contribution in [2.75, 3.05) is 0 Å². The first-order valence-electron chi connectivity index (χ1n) is 7.13. The number of hydrogen-bond donors (Lipinski definition) is 1. The van der Waals surface area contributed by atoms with Gasteiger partial charge in [0.05, 0.1) is 7.05 Å². The fourth-order valence-electron chi connectivity index (χ4n) is 2.92. The molecule has 1 heterocycles. The maximum absolute atomic E-state index is 6.47. The zero-order valence-electron chi connectivity index (χ0n) is 11.6. The Labute approximate surface area is 109 Å². The van der Waals surface area contributed by atoms with E-state index in [4.69, 9.17) is 5.73 Å². The highest BCUT2D eigenvalue weighted by atomic mass is 15.6. The van der Waals surface area contributed by atoms with Gasteiger partial charge in [-0.1, -0.05) is 26.2 Å². The van der Waals surface area contributed by atoms with Crippen molar-refractivity contribution in [3.63, 3.8) is 0 Å². The van der Waals surface area contributed by atoms with Crippen molar-refractivity contribution in [1.29, 1.82) is 0 Å². The van der Waals surface area contributed by atoms with Gasteiger partial charge in [0.15, 0.2) is 5.82 Å². The lowest BCUT2D eigenvalue weighted by Crippen LogP contribution is -2.45. The highest BCUT2D eigenvalue weighted by Crippen LogP contribution is 2.34. The van der Waals surface area contributed by atoms with E-state index >= 15 is 0 Å². The quantitative estimate of drug-likeness (QED) is 0.866. The van der Waals surface area contributed by atoms with Crippen LogP contribution in [0.1, 0.15) is 57.7 Å². The average Bonchev–Trinajstić information content (AvgIpc) is 2.74. The van der Waals surface area contributed by atoms with Gasteiger partial charge >= 0.3 is 0 Å². The number of rotatable bonds is 5. The summed E-state index contributed by atoms with van der Waals surface area (Å²) in [4.78, 5) is 1.51. The van der Waals surface area contributed by atoms with Crippen molar-refractivity contribution in [1.82, 2.24) is 20.2 Å². The summed E-state index contributed by atoms with van der Waals surface area (Å²) in [7, 11) is 1.79. The molecular formula is C13H25N5. The Morgan fingerprint density at radius 3 is 2.67 bits per heavy atom. The minimum atomic E-state index is -0.105. The molecule has 1 saturated carbocycles. The Kier molecular flexibility index (Phi) is 4.32. The van der Waals surface area contributed by atoms with E-state index in [0.29, 0.717) is 0 Å². The molecule has 0 radical (unpaired) electrons. The molecule has 5 nitrogen and oxygen atoms in total. The first-order valence-corrected chi connectivity index (χ1v) is 7.13. The highest BCUT2D eigenvalue weighted by molar-refractivity contribution is 4.97. The van der Waals surface area contributed by atoms with Crippen molar-refractivity contribution >= 4 is 0 Å². The Hall–Kier alpha value is -0.970. The van der Waals surface area contributed by atoms with Gasteiger partial charge in [0, 0.05) is 12.0 Å². The summed E-state index contributed by atoms with van der Waals surface area (Å²) < 4.78 is 0. The molecule has 0 saturated heterocycles. The van der Waals surface area contributed by atoms with Gasteiger partial charge in [-0.05, 0) is 36.8 Å². The maximum Gasteiger partial charge on any atom is 0.176 e. The minimum absolute atomic E-state index is 0.105. The number of tetrazole rings is 1. The Bertz CT molecular complexity index is 365. The van der Waals surface area contributed by atoms with Gasteiger partial charge in [-0.2, -0.15) is 4.80 Å². The van der Waals surface area contributed by atoms with Crippen LogP contribution in [0.4, 0.5) is 0 Å². The summed E-state index contributed by atoms with van der Waals surface area (Å²) in [5.74, 6) is 1.67. The molecule has 102 valence electrons. The topological polar surface area (TPSA) is 69.6 Å². The van der Waals surface area contributed by atoms with Crippen molar-refractivity contribution in [3.8, 4) is 0 Å². The number of aryl methyl sites for hydroxylation is 1. The number of unbranched alkanes of at least 4 members (excludes halogenated alkanes) is 1. The molecule has 1 aromatic heterocycles. The number of nitrogens with zero attached hydrogens (tertiary/aromatic N) is 4. The summed E-state index contributed by atoms with van der Waals surface area (Å²) in [6.45, 7) is 2.26. The van der Waals surface area contributed by atoms with Gasteiger partial charge in [-0.15, -0.1) is 10.2 Å². The molecule has 18 heavy (non-hydrogen) atoms. The summed E-state index contributed by atoms with van der Waals surface area (Å²) in [5, 5.41) is 12.1. The van der Waals surface area contributed by atoms with Crippen molar-refractivity contribution in [2.24, 2.45) is 18.7 Å². The smallest absolute Gasteiger partial charge is 0.176 e. The standard InChI is InChI=1S/C13H25N5/c1-3-4-5-11-6-8-13(14,9-7-11)10-12-15-17-18(2)16-12/h11H,3-10,14H2,1-2H3. The van der Waals surface area contributed by atoms with E-state index in [1.165, 1.54) is 36.9 Å². The fraction of sp³-hybridized carbons (Fsp3) is 0.923. The number of hydrogen-bond acceptors (Lipinski definition) is 4. The monoisotopic (exact) mass is 251 g/mol. The van der Waals surface area contributed by atoms with Crippen LogP contribution in [0.25, 0.3) is 0 Å². The number of aromatic nitrogens is 4. The fourth-order valence-corrected chi connectivity index (χ4v) is 2.92. The summed E-state index contributed by atoms with van der Waals surface area (Å²) in [6.07, 6.45) is 9.51. The van der Waals surface area contributed by atoms with Gasteiger partial charge in [0.1, 0.15) is 0 Å². The molecule has 1 aromatic rings. The van der Waals surface area contributed by atoms with E-state index in [9.17, 15) is 0 Å². The van der Waals surface area contributed by atoms with Crippen molar-refractivity contribution in [2.45, 2.75) is 63.8 Å². The predicted molar refractivity (Wildman–Crippen MR) is 70.9 cm³/mol. The van der Waals surface area contributed by atoms with Gasteiger partial charge in [0.25, 0.3) is 0 Å². The van der Waals surface area contributed by atoms with Gasteiger partial charge in [0.2, 0.25) is 0 Å². The lowest BCUT2D eigenvalue weighted by Gasteiger charge is -2.36. The molecule has 0 aromatic carbocycles. The maximum atomic E-state index is 6.47. The van der Waals surface area contributed by atoms with Crippen LogP contribution in [0.2, 0.25) is 0 Å². The lowest BCUT2D eigenvalue weighted by molar-refractivity contribution is 0.219. The van der Waals surface area contributed by atoms with Crippen molar-refractivity contribution < 1.29 is 0 Å². The Balaban J connectivity index is 1.83. The van der Waals surface area contributed by atoms with Gasteiger partial charge < -0.3 is 5.73 Å². The molecule has 0 unspecified atom stereocenters. The van der Waals surface area contributed by atoms with Crippen LogP contribution in [-0.2, 0) is 13.5 Å². The zero-order valence-corrected chi connectivity index (χ0v) is 11.6. The summed E-state index contributed by atoms with van der Waals surface area (Å²) in [5.41, 5.74) is 6.37. The van der Waals surface area contributed by atoms with Crippen LogP contribution >= 0.6 is 0 Å². The van der Waals surface area contributed by atoms with E-state index in [1.807, 2.05) is 0 Å². The predicted octanol–water partition coefficient (Wildman–Crippen LogP) is 1.83. The van der Waals surface area contributed by atoms with Crippen LogP contribution < -0.4 is 5.73 Å². The molecule has 5 heteroatoms. The summed E-state index contributed by atoms with van der Waals surface area (Å²) in [6, 6.07) is 0. The van der Waals surface area contributed by atoms with E-state index in [2.05, 4.69) is 22.3 Å². The van der Waals surface area contributed by atoms with Crippen LogP contribution in [-0.4, -0.2) is 25.7 Å². The normalized spacial score (nSPS) is 28.5. The molecular weight excluding hydrogens is 226 g/mol. The molecule has 1 aliphatic rings. The van der Waals surface area contributed by atoms with Crippen LogP contribution in [0, 0.1) is 5.92 Å². The second-order valence-electron chi connectivity index (χ2n) is 5.82. The molecule has 0 atom stereocenters. The highest BCUT2D eigenvalue weighted by Gasteiger charge is 2.32. The van der Waals surface area contributed by atoms with E-state index < -0.39 is 0 Å². The molecule has 0 bridgehead atoms. The molecule has 0 aliphatic heterocycles. The molecule has 2 rings (SSSR count). The Morgan fingerprint density at radius 1 is 1.39 bits per heavy atom. The molecule has 1 aliphatic carbocycles. The Morgan fingerprint density at radius 2 is 2.11 bits per heavy atom. The SMILES string of the molecule is CCCCC1CCC(N)(Cc2nnn(C)n2)CC1. The average molecular weight is 251 g/mol. The molecule has 1 fully saturated rings. The van der Waals surface area contributed by atoms with Crippen molar-refractivity contribution in [3.05, 3.63) is 5.82 Å². The van der Waals surface area contributed by atoms with E-state index in [1.54, 1.807) is 7.05 Å². The third-order valence-electron chi connectivity index (χ3n) is 4.13. The second-order valence-corrected chi connectivity index (χ2v) is 5.82. The minimum Gasteiger partial charge on any atom is -0.325 e. The number of nitrogens with two attached hydrogens (primary N) is 1. The van der Waals surface area contributed by atoms with Crippen LogP contribution in [0.5, 0.6) is 0 Å². The first-order chi connectivity index (χ1) is 8.61.